The number of carboxylic acids is 1. The van der Waals surface area contributed by atoms with Gasteiger partial charge in [-0.15, -0.1) is 0 Å². The van der Waals surface area contributed by atoms with Crippen molar-refractivity contribution in [3.05, 3.63) is 29.8 Å². The summed E-state index contributed by atoms with van der Waals surface area (Å²) in [6, 6.07) is 4.95. The highest BCUT2D eigenvalue weighted by atomic mass is 19.4. The average Bonchev–Trinajstić information content (AvgIpc) is 2.27. The normalized spacial score (nSPS) is 14.9. The minimum absolute atomic E-state index is 0.102. The Balaban J connectivity index is 3.45. The van der Waals surface area contributed by atoms with Gasteiger partial charge in [-0.1, -0.05) is 18.2 Å². The number of carboxylic acid groups (broad SMARTS) is 1. The van der Waals surface area contributed by atoms with Crippen molar-refractivity contribution in [2.24, 2.45) is 5.73 Å². The fourth-order valence-corrected chi connectivity index (χ4v) is 1.46. The van der Waals surface area contributed by atoms with Crippen molar-refractivity contribution in [3.63, 3.8) is 0 Å². The predicted octanol–water partition coefficient (Wildman–Crippen LogP) is 1.89. The third-order valence-electron chi connectivity index (χ3n) is 2.40. The van der Waals surface area contributed by atoms with Gasteiger partial charge in [0.25, 0.3) is 0 Å². The molecule has 0 aromatic heterocycles. The summed E-state index contributed by atoms with van der Waals surface area (Å²) in [7, 11) is 0. The molecule has 0 saturated carbocycles. The smallest absolute Gasteiger partial charge is 0.421 e. The number of hydrogen-bond donors (Lipinski definition) is 2. The first kappa shape index (κ1) is 14.3. The number of para-hydroxylation sites is 1. The van der Waals surface area contributed by atoms with Crippen LogP contribution in [-0.4, -0.2) is 23.9 Å². The number of alkyl halides is 3. The van der Waals surface area contributed by atoms with Gasteiger partial charge in [0, 0.05) is 5.56 Å². The number of rotatable bonds is 4. The molecule has 0 fully saturated rings. The Labute approximate surface area is 101 Å². The Bertz CT molecular complexity index is 447. The van der Waals surface area contributed by atoms with Crippen LogP contribution in [-0.2, 0) is 10.3 Å². The number of benzene rings is 1. The van der Waals surface area contributed by atoms with Crippen LogP contribution in [0.15, 0.2) is 24.3 Å². The molecule has 1 atom stereocenters. The third-order valence-corrected chi connectivity index (χ3v) is 2.40. The largest absolute Gasteiger partial charge is 0.494 e. The summed E-state index contributed by atoms with van der Waals surface area (Å²) in [6.07, 6.45) is -5.13. The van der Waals surface area contributed by atoms with E-state index in [1.54, 1.807) is 6.92 Å². The van der Waals surface area contributed by atoms with E-state index >= 15 is 0 Å². The summed E-state index contributed by atoms with van der Waals surface area (Å²) in [6.45, 7) is 1.67. The molecular weight excluding hydrogens is 251 g/mol. The summed E-state index contributed by atoms with van der Waals surface area (Å²) in [4.78, 5) is 10.9. The van der Waals surface area contributed by atoms with Gasteiger partial charge in [0.2, 0.25) is 5.54 Å². The van der Waals surface area contributed by atoms with Gasteiger partial charge in [-0.25, -0.2) is 4.79 Å². The first-order chi connectivity index (χ1) is 8.25. The molecule has 0 aliphatic heterocycles. The Morgan fingerprint density at radius 1 is 1.39 bits per heavy atom. The average molecular weight is 263 g/mol. The maximum absolute atomic E-state index is 12.9. The Hall–Kier alpha value is -1.76. The molecule has 0 heterocycles. The van der Waals surface area contributed by atoms with E-state index in [0.717, 1.165) is 6.07 Å². The molecule has 0 aliphatic carbocycles. The van der Waals surface area contributed by atoms with E-state index in [4.69, 9.17) is 15.6 Å². The van der Waals surface area contributed by atoms with Crippen LogP contribution in [0.1, 0.15) is 12.5 Å². The summed E-state index contributed by atoms with van der Waals surface area (Å²) in [5, 5.41) is 8.81. The zero-order valence-corrected chi connectivity index (χ0v) is 9.49. The highest BCUT2D eigenvalue weighted by Gasteiger charge is 2.60. The van der Waals surface area contributed by atoms with E-state index in [-0.39, 0.29) is 12.4 Å². The Morgan fingerprint density at radius 3 is 2.39 bits per heavy atom. The molecule has 100 valence electrons. The summed E-state index contributed by atoms with van der Waals surface area (Å²) in [5.74, 6) is -2.37. The van der Waals surface area contributed by atoms with Gasteiger partial charge in [0.1, 0.15) is 5.75 Å². The van der Waals surface area contributed by atoms with E-state index in [0.29, 0.717) is 0 Å². The number of aliphatic carboxylic acids is 1. The minimum atomic E-state index is -5.13. The van der Waals surface area contributed by atoms with Crippen LogP contribution in [0, 0.1) is 0 Å². The summed E-state index contributed by atoms with van der Waals surface area (Å²) < 4.78 is 43.7. The zero-order chi connectivity index (χ0) is 14.0. The number of ether oxygens (including phenoxy) is 1. The van der Waals surface area contributed by atoms with E-state index in [9.17, 15) is 18.0 Å². The lowest BCUT2D eigenvalue weighted by molar-refractivity contribution is -0.205. The standard InChI is InChI=1S/C11H12F3NO3/c1-2-18-8-6-4-3-5-7(8)10(15,9(16)17)11(12,13)14/h3-6H,2,15H2,1H3,(H,16,17)/t10-/m0/s1. The Morgan fingerprint density at radius 2 is 1.94 bits per heavy atom. The van der Waals surface area contributed by atoms with Gasteiger partial charge in [0.05, 0.1) is 6.61 Å². The number of carbonyl (C=O) groups is 1. The minimum Gasteiger partial charge on any atom is -0.494 e. The van der Waals surface area contributed by atoms with Gasteiger partial charge >= 0.3 is 12.1 Å². The van der Waals surface area contributed by atoms with Gasteiger partial charge in [-0.2, -0.15) is 13.2 Å². The molecule has 4 nitrogen and oxygen atoms in total. The predicted molar refractivity (Wildman–Crippen MR) is 57.2 cm³/mol. The molecule has 0 bridgehead atoms. The second kappa shape index (κ2) is 4.85. The molecule has 1 rings (SSSR count). The molecule has 1 aromatic rings. The number of hydrogen-bond acceptors (Lipinski definition) is 3. The molecule has 7 heteroatoms. The van der Waals surface area contributed by atoms with Crippen LogP contribution in [0.25, 0.3) is 0 Å². The van der Waals surface area contributed by atoms with Crippen LogP contribution in [0.5, 0.6) is 5.75 Å². The van der Waals surface area contributed by atoms with Crippen LogP contribution in [0.3, 0.4) is 0 Å². The molecule has 0 aliphatic rings. The highest BCUT2D eigenvalue weighted by molar-refractivity contribution is 5.82. The topological polar surface area (TPSA) is 72.5 Å². The lowest BCUT2D eigenvalue weighted by Gasteiger charge is -2.29. The summed E-state index contributed by atoms with van der Waals surface area (Å²) >= 11 is 0. The van der Waals surface area contributed by atoms with Crippen molar-refractivity contribution in [2.75, 3.05) is 6.61 Å². The van der Waals surface area contributed by atoms with Crippen molar-refractivity contribution in [3.8, 4) is 5.75 Å². The molecule has 0 amide bonds. The first-order valence-electron chi connectivity index (χ1n) is 5.06. The monoisotopic (exact) mass is 263 g/mol. The molecule has 1 aromatic carbocycles. The zero-order valence-electron chi connectivity index (χ0n) is 9.49. The van der Waals surface area contributed by atoms with Crippen LogP contribution in [0.4, 0.5) is 13.2 Å². The lowest BCUT2D eigenvalue weighted by atomic mass is 9.89. The van der Waals surface area contributed by atoms with Crippen molar-refractivity contribution in [1.82, 2.24) is 0 Å². The van der Waals surface area contributed by atoms with Gasteiger partial charge in [-0.3, -0.25) is 0 Å². The van der Waals surface area contributed by atoms with Crippen LogP contribution < -0.4 is 10.5 Å². The molecular formula is C11H12F3NO3. The van der Waals surface area contributed by atoms with Crippen LogP contribution in [0.2, 0.25) is 0 Å². The molecule has 18 heavy (non-hydrogen) atoms. The van der Waals surface area contributed by atoms with Gasteiger partial charge in [0.15, 0.2) is 0 Å². The Kier molecular flexibility index (Phi) is 3.85. The van der Waals surface area contributed by atoms with Gasteiger partial charge in [-0.05, 0) is 13.0 Å². The second-order valence-electron chi connectivity index (χ2n) is 3.54. The SMILES string of the molecule is CCOc1ccccc1[C@](N)(C(=O)O)C(F)(F)F. The molecule has 0 unspecified atom stereocenters. The quantitative estimate of drug-likeness (QED) is 0.870. The van der Waals surface area contributed by atoms with Crippen molar-refractivity contribution >= 4 is 5.97 Å². The maximum atomic E-state index is 12.9. The van der Waals surface area contributed by atoms with E-state index in [1.165, 1.54) is 18.2 Å². The summed E-state index contributed by atoms with van der Waals surface area (Å²) in [5.41, 5.74) is 0.960. The highest BCUT2D eigenvalue weighted by Crippen LogP contribution is 2.40. The molecule has 0 spiro atoms. The number of halogens is 3. The van der Waals surface area contributed by atoms with Crippen molar-refractivity contribution in [1.29, 1.82) is 0 Å². The van der Waals surface area contributed by atoms with E-state index in [2.05, 4.69) is 0 Å². The van der Waals surface area contributed by atoms with Crippen molar-refractivity contribution in [2.45, 2.75) is 18.6 Å². The van der Waals surface area contributed by atoms with Crippen LogP contribution >= 0.6 is 0 Å². The molecule has 3 N–H and O–H groups in total. The first-order valence-corrected chi connectivity index (χ1v) is 5.06. The van der Waals surface area contributed by atoms with Gasteiger partial charge < -0.3 is 15.6 Å². The molecule has 0 radical (unpaired) electrons. The fourth-order valence-electron chi connectivity index (χ4n) is 1.46. The second-order valence-corrected chi connectivity index (χ2v) is 3.54. The molecule has 0 saturated heterocycles. The third kappa shape index (κ3) is 2.26. The fraction of sp³-hybridized carbons (Fsp3) is 0.364. The number of nitrogens with two attached hydrogens (primary N) is 1. The van der Waals surface area contributed by atoms with E-state index < -0.39 is 23.2 Å². The van der Waals surface area contributed by atoms with Crippen molar-refractivity contribution < 1.29 is 27.8 Å². The van der Waals surface area contributed by atoms with E-state index in [1.807, 2.05) is 0 Å². The maximum Gasteiger partial charge on any atom is 0.421 e. The lowest BCUT2D eigenvalue weighted by Crippen LogP contribution is -2.56.